The molecule has 0 amide bonds. The summed E-state index contributed by atoms with van der Waals surface area (Å²) in [6.45, 7) is 12.3. The predicted octanol–water partition coefficient (Wildman–Crippen LogP) is 1.14. The molecule has 3 nitrogen and oxygen atoms in total. The molecule has 0 heterocycles. The molecule has 0 aliphatic carbocycles. The molecule has 92 valence electrons. The summed E-state index contributed by atoms with van der Waals surface area (Å²) in [4.78, 5) is 0. The molecule has 15 heavy (non-hydrogen) atoms. The Morgan fingerprint density at radius 3 is 1.73 bits per heavy atom. The van der Waals surface area contributed by atoms with Crippen LogP contribution in [0.3, 0.4) is 0 Å². The van der Waals surface area contributed by atoms with Crippen molar-refractivity contribution in [3.05, 3.63) is 0 Å². The average molecular weight is 234 g/mol. The van der Waals surface area contributed by atoms with E-state index in [1.54, 1.807) is 0 Å². The van der Waals surface area contributed by atoms with E-state index >= 15 is 0 Å². The molecule has 0 N–H and O–H groups in total. The highest BCUT2D eigenvalue weighted by Crippen LogP contribution is 2.23. The van der Waals surface area contributed by atoms with E-state index in [4.69, 9.17) is 14.2 Å². The maximum Gasteiger partial charge on any atom is 0.166 e. The van der Waals surface area contributed by atoms with Crippen LogP contribution in [0.4, 0.5) is 0 Å². The molecule has 0 aliphatic heterocycles. The highest BCUT2D eigenvalue weighted by Gasteiger charge is 2.38. The van der Waals surface area contributed by atoms with Crippen molar-refractivity contribution < 1.29 is 14.2 Å². The van der Waals surface area contributed by atoms with Crippen LogP contribution in [0, 0.1) is 5.92 Å². The van der Waals surface area contributed by atoms with Crippen molar-refractivity contribution in [2.24, 2.45) is 5.92 Å². The number of hydrogen-bond donors (Lipinski definition) is 0. The first-order chi connectivity index (χ1) is 7.01. The van der Waals surface area contributed by atoms with Gasteiger partial charge in [-0.2, -0.15) is 0 Å². The molecule has 0 saturated heterocycles. The van der Waals surface area contributed by atoms with Gasteiger partial charge in [-0.25, -0.2) is 0 Å². The minimum absolute atomic E-state index is 0.0362. The van der Waals surface area contributed by atoms with Gasteiger partial charge in [0.2, 0.25) is 0 Å². The SMILES string of the molecule is CCOC(C(C)C)C([SiH3])(OCC)OCC. The third-order valence-electron chi connectivity index (χ3n) is 2.33. The minimum Gasteiger partial charge on any atom is -0.373 e. The second-order valence-corrected chi connectivity index (χ2v) is 5.40. The van der Waals surface area contributed by atoms with Gasteiger partial charge in [-0.05, 0) is 26.7 Å². The molecular weight excluding hydrogens is 208 g/mol. The van der Waals surface area contributed by atoms with Gasteiger partial charge >= 0.3 is 0 Å². The van der Waals surface area contributed by atoms with Crippen molar-refractivity contribution >= 4 is 10.2 Å². The zero-order valence-electron chi connectivity index (χ0n) is 11.0. The fraction of sp³-hybridized carbons (Fsp3) is 1.00. The van der Waals surface area contributed by atoms with Crippen molar-refractivity contribution in [2.45, 2.75) is 46.1 Å². The lowest BCUT2D eigenvalue weighted by Gasteiger charge is -2.39. The largest absolute Gasteiger partial charge is 0.373 e. The van der Waals surface area contributed by atoms with Gasteiger partial charge in [0.1, 0.15) is 6.10 Å². The topological polar surface area (TPSA) is 27.7 Å². The van der Waals surface area contributed by atoms with Crippen LogP contribution >= 0.6 is 0 Å². The van der Waals surface area contributed by atoms with E-state index in [0.29, 0.717) is 25.7 Å². The summed E-state index contributed by atoms with van der Waals surface area (Å²) in [6, 6.07) is 0. The second kappa shape index (κ2) is 7.38. The maximum atomic E-state index is 5.76. The Balaban J connectivity index is 4.64. The van der Waals surface area contributed by atoms with E-state index in [9.17, 15) is 0 Å². The fourth-order valence-corrected chi connectivity index (χ4v) is 3.32. The summed E-state index contributed by atoms with van der Waals surface area (Å²) in [5, 5.41) is 0. The van der Waals surface area contributed by atoms with E-state index in [1.807, 2.05) is 20.8 Å². The Morgan fingerprint density at radius 2 is 1.47 bits per heavy atom. The van der Waals surface area contributed by atoms with Crippen LogP contribution < -0.4 is 0 Å². The van der Waals surface area contributed by atoms with E-state index < -0.39 is 5.41 Å². The number of ether oxygens (including phenoxy) is 3. The normalized spacial score (nSPS) is 14.8. The Morgan fingerprint density at radius 1 is 1.00 bits per heavy atom. The van der Waals surface area contributed by atoms with Gasteiger partial charge in [0, 0.05) is 19.8 Å². The van der Waals surface area contributed by atoms with Crippen LogP contribution in [0.5, 0.6) is 0 Å². The van der Waals surface area contributed by atoms with Crippen LogP contribution in [0.15, 0.2) is 0 Å². The molecule has 0 aromatic carbocycles. The molecule has 0 radical (unpaired) electrons. The van der Waals surface area contributed by atoms with Crippen LogP contribution in [0.1, 0.15) is 34.6 Å². The Labute approximate surface area is 96.9 Å². The summed E-state index contributed by atoms with van der Waals surface area (Å²) in [7, 11) is 0.814. The molecule has 0 spiro atoms. The Bertz CT molecular complexity index is 156. The lowest BCUT2D eigenvalue weighted by Crippen LogP contribution is -2.52. The van der Waals surface area contributed by atoms with E-state index in [-0.39, 0.29) is 6.10 Å². The number of rotatable bonds is 8. The summed E-state index contributed by atoms with van der Waals surface area (Å²) in [6.07, 6.45) is 0.0362. The first-order valence-electron chi connectivity index (χ1n) is 5.91. The average Bonchev–Trinajstić information content (AvgIpc) is 2.14. The van der Waals surface area contributed by atoms with Crippen molar-refractivity contribution in [3.8, 4) is 0 Å². The third kappa shape index (κ3) is 4.63. The van der Waals surface area contributed by atoms with Crippen molar-refractivity contribution in [1.82, 2.24) is 0 Å². The summed E-state index contributed by atoms with van der Waals surface area (Å²) in [5.41, 5.74) is -0.492. The van der Waals surface area contributed by atoms with Gasteiger partial charge < -0.3 is 14.2 Å². The van der Waals surface area contributed by atoms with E-state index in [1.165, 1.54) is 0 Å². The fourth-order valence-electron chi connectivity index (χ4n) is 1.91. The third-order valence-corrected chi connectivity index (χ3v) is 3.48. The Hall–Kier alpha value is 0.0969. The van der Waals surface area contributed by atoms with Crippen molar-refractivity contribution in [2.75, 3.05) is 19.8 Å². The molecular formula is C11H26O3Si. The highest BCUT2D eigenvalue weighted by molar-refractivity contribution is 6.13. The monoisotopic (exact) mass is 234 g/mol. The molecule has 1 atom stereocenters. The molecule has 0 fully saturated rings. The van der Waals surface area contributed by atoms with Gasteiger partial charge in [0.25, 0.3) is 0 Å². The van der Waals surface area contributed by atoms with Gasteiger partial charge in [-0.3, -0.25) is 0 Å². The summed E-state index contributed by atoms with van der Waals surface area (Å²) < 4.78 is 17.3. The van der Waals surface area contributed by atoms with Gasteiger partial charge in [-0.15, -0.1) is 0 Å². The molecule has 0 rings (SSSR count). The lowest BCUT2D eigenvalue weighted by atomic mass is 10.1. The summed E-state index contributed by atoms with van der Waals surface area (Å²) in [5.74, 6) is 0.403. The first kappa shape index (κ1) is 15.1. The summed E-state index contributed by atoms with van der Waals surface area (Å²) >= 11 is 0. The van der Waals surface area contributed by atoms with E-state index in [2.05, 4.69) is 13.8 Å². The molecule has 0 aromatic rings. The zero-order valence-corrected chi connectivity index (χ0v) is 13.0. The standard InChI is InChI=1S/C11H26O3Si/c1-6-12-10(9(4)5)11(15,13-7-2)14-8-3/h9-10H,6-8H2,1-5,15H3. The van der Waals surface area contributed by atoms with Crippen LogP contribution in [-0.2, 0) is 14.2 Å². The lowest BCUT2D eigenvalue weighted by molar-refractivity contribution is -0.245. The smallest absolute Gasteiger partial charge is 0.166 e. The van der Waals surface area contributed by atoms with Gasteiger partial charge in [0.05, 0.1) is 10.2 Å². The number of hydrogen-bond acceptors (Lipinski definition) is 3. The molecule has 1 unspecified atom stereocenters. The van der Waals surface area contributed by atoms with Crippen molar-refractivity contribution in [1.29, 1.82) is 0 Å². The molecule has 0 aliphatic rings. The second-order valence-electron chi connectivity index (χ2n) is 4.00. The molecule has 4 heteroatoms. The van der Waals surface area contributed by atoms with Crippen LogP contribution in [0.2, 0.25) is 0 Å². The van der Waals surface area contributed by atoms with Crippen molar-refractivity contribution in [3.63, 3.8) is 0 Å². The van der Waals surface area contributed by atoms with Crippen LogP contribution in [0.25, 0.3) is 0 Å². The van der Waals surface area contributed by atoms with Crippen LogP contribution in [-0.4, -0.2) is 41.6 Å². The molecule has 0 aromatic heterocycles. The van der Waals surface area contributed by atoms with Gasteiger partial charge in [-0.1, -0.05) is 13.8 Å². The Kier molecular flexibility index (Phi) is 7.43. The van der Waals surface area contributed by atoms with Gasteiger partial charge in [0.15, 0.2) is 5.41 Å². The minimum atomic E-state index is -0.492. The molecule has 0 bridgehead atoms. The maximum absolute atomic E-state index is 5.76. The quantitative estimate of drug-likeness (QED) is 0.466. The first-order valence-corrected chi connectivity index (χ1v) is 6.91. The highest BCUT2D eigenvalue weighted by atomic mass is 28.1. The predicted molar refractivity (Wildman–Crippen MR) is 66.2 cm³/mol. The van der Waals surface area contributed by atoms with E-state index in [0.717, 1.165) is 10.2 Å². The molecule has 0 saturated carbocycles. The zero-order chi connectivity index (χ0) is 11.9.